The molecule has 0 aromatic heterocycles. The number of anilines is 1. The number of hydrogen-bond donors (Lipinski definition) is 2. The van der Waals surface area contributed by atoms with E-state index in [-0.39, 0.29) is 11.8 Å². The number of hydrogen-bond acceptors (Lipinski definition) is 2. The van der Waals surface area contributed by atoms with Crippen molar-refractivity contribution in [3.8, 4) is 12.3 Å². The zero-order valence-electron chi connectivity index (χ0n) is 11.3. The number of halogens is 1. The molecular weight excluding hydrogens is 276 g/mol. The van der Waals surface area contributed by atoms with E-state index in [1.807, 2.05) is 0 Å². The number of amides is 2. The van der Waals surface area contributed by atoms with Crippen molar-refractivity contribution in [3.05, 3.63) is 28.8 Å². The second-order valence-corrected chi connectivity index (χ2v) is 4.64. The fourth-order valence-electron chi connectivity index (χ4n) is 1.63. The van der Waals surface area contributed by atoms with Gasteiger partial charge in [-0.05, 0) is 31.0 Å². The summed E-state index contributed by atoms with van der Waals surface area (Å²) < 4.78 is 0. The zero-order valence-corrected chi connectivity index (χ0v) is 12.1. The first-order chi connectivity index (χ1) is 9.58. The van der Waals surface area contributed by atoms with Gasteiger partial charge in [-0.25, -0.2) is 0 Å². The van der Waals surface area contributed by atoms with Crippen LogP contribution in [-0.2, 0) is 4.79 Å². The third-order valence-electron chi connectivity index (χ3n) is 2.71. The Kier molecular flexibility index (Phi) is 6.61. The predicted molar refractivity (Wildman–Crippen MR) is 80.8 cm³/mol. The summed E-state index contributed by atoms with van der Waals surface area (Å²) >= 11 is 6.04. The third-order valence-corrected chi connectivity index (χ3v) is 3.02. The Morgan fingerprint density at radius 2 is 2.10 bits per heavy atom. The molecule has 0 fully saturated rings. The number of carbonyl (C=O) groups excluding carboxylic acids is 2. The highest BCUT2D eigenvalue weighted by atomic mass is 35.5. The lowest BCUT2D eigenvalue weighted by Gasteiger charge is -2.08. The number of unbranched alkanes of at least 4 members (excludes halogenated alkanes) is 2. The smallest absolute Gasteiger partial charge is 0.251 e. The standard InChI is InChI=1S/C15H17ClN2O2/c1-3-4-5-6-7-14(19)18-13-9-8-11(10-12(13)16)15(20)17-2/h1,8-10H,4-7H2,2H3,(H,17,20)(H,18,19). The van der Waals surface area contributed by atoms with Gasteiger partial charge in [-0.1, -0.05) is 11.6 Å². The summed E-state index contributed by atoms with van der Waals surface area (Å²) in [7, 11) is 1.54. The Morgan fingerprint density at radius 1 is 1.35 bits per heavy atom. The molecule has 1 aromatic rings. The fraction of sp³-hybridized carbons (Fsp3) is 0.333. The van der Waals surface area contributed by atoms with E-state index in [1.54, 1.807) is 19.2 Å². The van der Waals surface area contributed by atoms with E-state index in [0.717, 1.165) is 12.8 Å². The second kappa shape index (κ2) is 8.23. The van der Waals surface area contributed by atoms with Gasteiger partial charge >= 0.3 is 0 Å². The van der Waals surface area contributed by atoms with E-state index >= 15 is 0 Å². The van der Waals surface area contributed by atoms with E-state index in [4.69, 9.17) is 18.0 Å². The molecule has 5 heteroatoms. The maximum absolute atomic E-state index is 11.7. The first-order valence-electron chi connectivity index (χ1n) is 6.33. The van der Waals surface area contributed by atoms with E-state index in [9.17, 15) is 9.59 Å². The van der Waals surface area contributed by atoms with Gasteiger partial charge in [0.1, 0.15) is 0 Å². The van der Waals surface area contributed by atoms with Gasteiger partial charge in [0.05, 0.1) is 10.7 Å². The highest BCUT2D eigenvalue weighted by Gasteiger charge is 2.09. The van der Waals surface area contributed by atoms with E-state index in [1.165, 1.54) is 6.07 Å². The van der Waals surface area contributed by atoms with Crippen molar-refractivity contribution in [2.45, 2.75) is 25.7 Å². The first-order valence-corrected chi connectivity index (χ1v) is 6.71. The van der Waals surface area contributed by atoms with Crippen LogP contribution in [0.3, 0.4) is 0 Å². The number of carbonyl (C=O) groups is 2. The van der Waals surface area contributed by atoms with Crippen LogP contribution in [0.5, 0.6) is 0 Å². The normalized spacial score (nSPS) is 9.65. The molecule has 1 aromatic carbocycles. The Labute approximate surface area is 123 Å². The Hall–Kier alpha value is -1.99. The van der Waals surface area contributed by atoms with Gasteiger partial charge in [0, 0.05) is 25.5 Å². The summed E-state index contributed by atoms with van der Waals surface area (Å²) in [6, 6.07) is 4.75. The van der Waals surface area contributed by atoms with Crippen LogP contribution >= 0.6 is 11.6 Å². The largest absolute Gasteiger partial charge is 0.355 e. The summed E-state index contributed by atoms with van der Waals surface area (Å²) in [5.74, 6) is 2.19. The van der Waals surface area contributed by atoms with Crippen LogP contribution in [0.15, 0.2) is 18.2 Å². The van der Waals surface area contributed by atoms with Crippen molar-refractivity contribution >= 4 is 29.1 Å². The molecule has 0 unspecified atom stereocenters. The van der Waals surface area contributed by atoms with E-state index in [0.29, 0.717) is 29.1 Å². The molecule has 2 N–H and O–H groups in total. The van der Waals surface area contributed by atoms with Crippen molar-refractivity contribution in [1.82, 2.24) is 5.32 Å². The molecule has 0 heterocycles. The van der Waals surface area contributed by atoms with Gasteiger partial charge in [-0.15, -0.1) is 12.3 Å². The second-order valence-electron chi connectivity index (χ2n) is 4.23. The van der Waals surface area contributed by atoms with Gasteiger partial charge in [-0.2, -0.15) is 0 Å². The van der Waals surface area contributed by atoms with E-state index < -0.39 is 0 Å². The molecule has 0 saturated heterocycles. The van der Waals surface area contributed by atoms with Crippen molar-refractivity contribution in [1.29, 1.82) is 0 Å². The summed E-state index contributed by atoms with van der Waals surface area (Å²) in [5, 5.41) is 5.56. The summed E-state index contributed by atoms with van der Waals surface area (Å²) in [4.78, 5) is 23.1. The molecular formula is C15H17ClN2O2. The summed E-state index contributed by atoms with van der Waals surface area (Å²) in [6.45, 7) is 0. The predicted octanol–water partition coefficient (Wildman–Crippen LogP) is 2.83. The van der Waals surface area contributed by atoms with Gasteiger partial charge in [0.2, 0.25) is 5.91 Å². The van der Waals surface area contributed by atoms with E-state index in [2.05, 4.69) is 16.6 Å². The average molecular weight is 293 g/mol. The van der Waals surface area contributed by atoms with Crippen LogP contribution in [0.1, 0.15) is 36.0 Å². The molecule has 4 nitrogen and oxygen atoms in total. The van der Waals surface area contributed by atoms with Crippen LogP contribution in [0, 0.1) is 12.3 Å². The van der Waals surface area contributed by atoms with Gasteiger partial charge in [-0.3, -0.25) is 9.59 Å². The monoisotopic (exact) mass is 292 g/mol. The quantitative estimate of drug-likeness (QED) is 0.626. The molecule has 1 rings (SSSR count). The van der Waals surface area contributed by atoms with Crippen molar-refractivity contribution < 1.29 is 9.59 Å². The molecule has 0 aliphatic carbocycles. The lowest BCUT2D eigenvalue weighted by atomic mass is 10.1. The number of terminal acetylenes is 1. The molecule has 0 spiro atoms. The lowest BCUT2D eigenvalue weighted by Crippen LogP contribution is -2.18. The van der Waals surface area contributed by atoms with Crippen molar-refractivity contribution in [2.75, 3.05) is 12.4 Å². The highest BCUT2D eigenvalue weighted by Crippen LogP contribution is 2.23. The van der Waals surface area contributed by atoms with Crippen LogP contribution in [0.25, 0.3) is 0 Å². The first kappa shape index (κ1) is 16.1. The summed E-state index contributed by atoms with van der Waals surface area (Å²) in [6.07, 6.45) is 7.78. The molecule has 20 heavy (non-hydrogen) atoms. The SMILES string of the molecule is C#CCCCCC(=O)Nc1ccc(C(=O)NC)cc1Cl. The van der Waals surface area contributed by atoms with Gasteiger partial charge in [0.15, 0.2) is 0 Å². The maximum atomic E-state index is 11.7. The van der Waals surface area contributed by atoms with Crippen molar-refractivity contribution in [3.63, 3.8) is 0 Å². The van der Waals surface area contributed by atoms with Crippen LogP contribution in [0.2, 0.25) is 5.02 Å². The van der Waals surface area contributed by atoms with Crippen LogP contribution < -0.4 is 10.6 Å². The minimum absolute atomic E-state index is 0.114. The van der Waals surface area contributed by atoms with Crippen molar-refractivity contribution in [2.24, 2.45) is 0 Å². The number of rotatable bonds is 6. The molecule has 106 valence electrons. The topological polar surface area (TPSA) is 58.2 Å². The Morgan fingerprint density at radius 3 is 2.70 bits per heavy atom. The third kappa shape index (κ3) is 4.94. The minimum Gasteiger partial charge on any atom is -0.355 e. The summed E-state index contributed by atoms with van der Waals surface area (Å²) in [5.41, 5.74) is 0.950. The Bertz CT molecular complexity index is 535. The fourth-order valence-corrected chi connectivity index (χ4v) is 1.86. The molecule has 0 aliphatic rings. The molecule has 0 saturated carbocycles. The zero-order chi connectivity index (χ0) is 15.0. The van der Waals surface area contributed by atoms with Gasteiger partial charge in [0.25, 0.3) is 5.91 Å². The molecule has 0 bridgehead atoms. The molecule has 0 atom stereocenters. The maximum Gasteiger partial charge on any atom is 0.251 e. The molecule has 0 aliphatic heterocycles. The molecule has 0 radical (unpaired) electrons. The lowest BCUT2D eigenvalue weighted by molar-refractivity contribution is -0.116. The number of benzene rings is 1. The average Bonchev–Trinajstić information content (AvgIpc) is 2.45. The van der Waals surface area contributed by atoms with Crippen LogP contribution in [-0.4, -0.2) is 18.9 Å². The number of nitrogens with one attached hydrogen (secondary N) is 2. The van der Waals surface area contributed by atoms with Gasteiger partial charge < -0.3 is 10.6 Å². The van der Waals surface area contributed by atoms with Crippen LogP contribution in [0.4, 0.5) is 5.69 Å². The minimum atomic E-state index is -0.223. The molecule has 2 amide bonds. The Balaban J connectivity index is 2.58. The highest BCUT2D eigenvalue weighted by molar-refractivity contribution is 6.34.